The molecule has 2 aromatic rings. The second-order valence-electron chi connectivity index (χ2n) is 7.31. The summed E-state index contributed by atoms with van der Waals surface area (Å²) in [5.41, 5.74) is 1.90. The zero-order valence-corrected chi connectivity index (χ0v) is 15.6. The summed E-state index contributed by atoms with van der Waals surface area (Å²) in [7, 11) is 1.75. The van der Waals surface area contributed by atoms with Crippen molar-refractivity contribution >= 4 is 5.91 Å². The van der Waals surface area contributed by atoms with Crippen molar-refractivity contribution in [2.24, 2.45) is 0 Å². The minimum Gasteiger partial charge on any atom is -0.508 e. The van der Waals surface area contributed by atoms with Gasteiger partial charge in [-0.3, -0.25) is 4.79 Å². The van der Waals surface area contributed by atoms with Gasteiger partial charge in [0.25, 0.3) is 5.91 Å². The maximum absolute atomic E-state index is 12.5. The van der Waals surface area contributed by atoms with Gasteiger partial charge in [-0.2, -0.15) is 0 Å². The molecule has 1 unspecified atom stereocenters. The van der Waals surface area contributed by atoms with Crippen LogP contribution in [0.5, 0.6) is 11.5 Å². The number of rotatable bonds is 5. The van der Waals surface area contributed by atoms with Crippen LogP contribution in [0.1, 0.15) is 44.9 Å². The van der Waals surface area contributed by atoms with Gasteiger partial charge in [0, 0.05) is 7.05 Å². The lowest BCUT2D eigenvalue weighted by Gasteiger charge is -2.26. The molecule has 1 atom stereocenters. The van der Waals surface area contributed by atoms with Crippen LogP contribution in [-0.4, -0.2) is 29.6 Å². The maximum atomic E-state index is 12.5. The Morgan fingerprint density at radius 3 is 2.48 bits per heavy atom. The predicted octanol–water partition coefficient (Wildman–Crippen LogP) is 4.29. The number of nitrogens with zero attached hydrogens (tertiary/aromatic N) is 1. The van der Waals surface area contributed by atoms with Crippen molar-refractivity contribution in [2.45, 2.75) is 39.2 Å². The van der Waals surface area contributed by atoms with Crippen molar-refractivity contribution in [2.75, 3.05) is 13.7 Å². The minimum atomic E-state index is -0.152. The molecule has 4 nitrogen and oxygen atoms in total. The summed E-state index contributed by atoms with van der Waals surface area (Å²) in [6.45, 7) is 8.26. The number of hydrogen-bond donors (Lipinski definition) is 1. The summed E-state index contributed by atoms with van der Waals surface area (Å²) in [6, 6.07) is 14.6. The molecule has 134 valence electrons. The van der Waals surface area contributed by atoms with Crippen LogP contribution < -0.4 is 4.74 Å². The highest BCUT2D eigenvalue weighted by atomic mass is 16.5. The Morgan fingerprint density at radius 1 is 1.16 bits per heavy atom. The highest BCUT2D eigenvalue weighted by Crippen LogP contribution is 2.31. The normalized spacial score (nSPS) is 12.5. The molecule has 2 rings (SSSR count). The van der Waals surface area contributed by atoms with E-state index in [9.17, 15) is 9.90 Å². The van der Waals surface area contributed by atoms with E-state index in [0.29, 0.717) is 0 Å². The molecule has 0 aliphatic heterocycles. The SMILES string of the molecule is CC(c1cccc(O)c1)N(C)C(=O)COc1ccccc1C(C)(C)C. The van der Waals surface area contributed by atoms with Gasteiger partial charge in [-0.05, 0) is 41.7 Å². The second-order valence-corrected chi connectivity index (χ2v) is 7.31. The first-order valence-electron chi connectivity index (χ1n) is 8.47. The molecule has 1 amide bonds. The monoisotopic (exact) mass is 341 g/mol. The van der Waals surface area contributed by atoms with E-state index in [2.05, 4.69) is 20.8 Å². The van der Waals surface area contributed by atoms with E-state index in [-0.39, 0.29) is 29.7 Å². The number of phenolic OH excluding ortho intramolecular Hbond substituents is 1. The Balaban J connectivity index is 2.05. The second kappa shape index (κ2) is 7.60. The van der Waals surface area contributed by atoms with E-state index in [1.807, 2.05) is 37.3 Å². The van der Waals surface area contributed by atoms with Crippen molar-refractivity contribution in [3.8, 4) is 11.5 Å². The standard InChI is InChI=1S/C21H27NO3/c1-15(16-9-8-10-17(23)13-16)22(5)20(24)14-25-19-12-7-6-11-18(19)21(2,3)4/h6-13,15,23H,14H2,1-5H3. The number of likely N-dealkylation sites (N-methyl/N-ethyl adjacent to an activating group) is 1. The van der Waals surface area contributed by atoms with Crippen LogP contribution in [0.3, 0.4) is 0 Å². The third kappa shape index (κ3) is 4.75. The molecular formula is C21H27NO3. The number of phenols is 1. The molecule has 0 spiro atoms. The molecule has 0 aromatic heterocycles. The Bertz CT molecular complexity index is 734. The number of aromatic hydroxyl groups is 1. The molecule has 25 heavy (non-hydrogen) atoms. The summed E-state index contributed by atoms with van der Waals surface area (Å²) in [5, 5.41) is 9.61. The number of para-hydroxylation sites is 1. The number of benzene rings is 2. The smallest absolute Gasteiger partial charge is 0.260 e. The largest absolute Gasteiger partial charge is 0.508 e. The third-order valence-corrected chi connectivity index (χ3v) is 4.37. The summed E-state index contributed by atoms with van der Waals surface area (Å²) in [6.07, 6.45) is 0. The van der Waals surface area contributed by atoms with Gasteiger partial charge >= 0.3 is 0 Å². The fourth-order valence-corrected chi connectivity index (χ4v) is 2.68. The zero-order valence-electron chi connectivity index (χ0n) is 15.6. The van der Waals surface area contributed by atoms with E-state index < -0.39 is 0 Å². The van der Waals surface area contributed by atoms with Gasteiger partial charge < -0.3 is 14.7 Å². The first-order chi connectivity index (χ1) is 11.7. The highest BCUT2D eigenvalue weighted by Gasteiger charge is 2.21. The summed E-state index contributed by atoms with van der Waals surface area (Å²) < 4.78 is 5.82. The van der Waals surface area contributed by atoms with Crippen molar-refractivity contribution in [1.82, 2.24) is 4.90 Å². The number of hydrogen-bond acceptors (Lipinski definition) is 3. The molecule has 4 heteroatoms. The van der Waals surface area contributed by atoms with Crippen LogP contribution in [-0.2, 0) is 10.2 Å². The molecule has 2 aromatic carbocycles. The van der Waals surface area contributed by atoms with Crippen LogP contribution in [0.25, 0.3) is 0 Å². The Labute approximate surface area is 150 Å². The highest BCUT2D eigenvalue weighted by molar-refractivity contribution is 5.78. The van der Waals surface area contributed by atoms with Gasteiger partial charge in [0.15, 0.2) is 6.61 Å². The van der Waals surface area contributed by atoms with Crippen LogP contribution in [0.2, 0.25) is 0 Å². The van der Waals surface area contributed by atoms with Crippen molar-refractivity contribution in [3.05, 3.63) is 59.7 Å². The molecule has 0 heterocycles. The predicted molar refractivity (Wildman–Crippen MR) is 99.9 cm³/mol. The lowest BCUT2D eigenvalue weighted by Crippen LogP contribution is -2.33. The number of ether oxygens (including phenoxy) is 1. The zero-order chi connectivity index (χ0) is 18.6. The lowest BCUT2D eigenvalue weighted by molar-refractivity contribution is -0.134. The number of amides is 1. The van der Waals surface area contributed by atoms with Crippen LogP contribution in [0, 0.1) is 0 Å². The van der Waals surface area contributed by atoms with Crippen molar-refractivity contribution in [3.63, 3.8) is 0 Å². The van der Waals surface area contributed by atoms with E-state index >= 15 is 0 Å². The topological polar surface area (TPSA) is 49.8 Å². The van der Waals surface area contributed by atoms with Gasteiger partial charge in [-0.15, -0.1) is 0 Å². The Hall–Kier alpha value is -2.49. The number of carbonyl (C=O) groups excluding carboxylic acids is 1. The van der Waals surface area contributed by atoms with E-state index in [0.717, 1.165) is 16.9 Å². The van der Waals surface area contributed by atoms with Crippen LogP contribution >= 0.6 is 0 Å². The molecule has 0 aliphatic carbocycles. The lowest BCUT2D eigenvalue weighted by atomic mass is 9.86. The van der Waals surface area contributed by atoms with E-state index in [4.69, 9.17) is 4.74 Å². The average Bonchev–Trinajstić information content (AvgIpc) is 2.57. The quantitative estimate of drug-likeness (QED) is 0.883. The Morgan fingerprint density at radius 2 is 1.84 bits per heavy atom. The minimum absolute atomic E-state index is 0.0211. The van der Waals surface area contributed by atoms with E-state index in [1.165, 1.54) is 0 Å². The molecule has 0 aliphatic rings. The summed E-state index contributed by atoms with van der Waals surface area (Å²) in [4.78, 5) is 14.1. The molecule has 1 N–H and O–H groups in total. The summed E-state index contributed by atoms with van der Waals surface area (Å²) in [5.74, 6) is 0.821. The molecule has 0 bridgehead atoms. The molecule has 0 saturated carbocycles. The van der Waals surface area contributed by atoms with Crippen molar-refractivity contribution < 1.29 is 14.6 Å². The Kier molecular flexibility index (Phi) is 5.73. The van der Waals surface area contributed by atoms with E-state index in [1.54, 1.807) is 30.1 Å². The van der Waals surface area contributed by atoms with Gasteiger partial charge in [0.05, 0.1) is 6.04 Å². The first-order valence-corrected chi connectivity index (χ1v) is 8.47. The molecular weight excluding hydrogens is 314 g/mol. The van der Waals surface area contributed by atoms with Crippen molar-refractivity contribution in [1.29, 1.82) is 0 Å². The average molecular weight is 341 g/mol. The third-order valence-electron chi connectivity index (χ3n) is 4.37. The van der Waals surface area contributed by atoms with Gasteiger partial charge in [0.2, 0.25) is 0 Å². The maximum Gasteiger partial charge on any atom is 0.260 e. The van der Waals surface area contributed by atoms with Gasteiger partial charge in [-0.25, -0.2) is 0 Å². The fourth-order valence-electron chi connectivity index (χ4n) is 2.68. The van der Waals surface area contributed by atoms with Gasteiger partial charge in [-0.1, -0.05) is 51.1 Å². The first kappa shape index (κ1) is 18.8. The molecule has 0 saturated heterocycles. The van der Waals surface area contributed by atoms with Gasteiger partial charge in [0.1, 0.15) is 11.5 Å². The van der Waals surface area contributed by atoms with Crippen LogP contribution in [0.4, 0.5) is 0 Å². The summed E-state index contributed by atoms with van der Waals surface area (Å²) >= 11 is 0. The molecule has 0 radical (unpaired) electrons. The molecule has 0 fully saturated rings. The number of carbonyl (C=O) groups is 1. The fraction of sp³-hybridized carbons (Fsp3) is 0.381. The van der Waals surface area contributed by atoms with Crippen LogP contribution in [0.15, 0.2) is 48.5 Å².